The molecule has 0 radical (unpaired) electrons. The van der Waals surface area contributed by atoms with Gasteiger partial charge in [0.15, 0.2) is 0 Å². The predicted molar refractivity (Wildman–Crippen MR) is 73.0 cm³/mol. The first-order valence-corrected chi connectivity index (χ1v) is 7.58. The molecule has 1 N–H and O–H groups in total. The summed E-state index contributed by atoms with van der Waals surface area (Å²) >= 11 is 0. The summed E-state index contributed by atoms with van der Waals surface area (Å²) in [4.78, 5) is 16.9. The highest BCUT2D eigenvalue weighted by Crippen LogP contribution is 2.29. The van der Waals surface area contributed by atoms with Crippen LogP contribution in [-0.2, 0) is 9.53 Å². The fraction of sp³-hybridized carbons (Fsp3) is 0.929. The second-order valence-corrected chi connectivity index (χ2v) is 6.14. The van der Waals surface area contributed by atoms with Crippen molar-refractivity contribution in [1.82, 2.24) is 15.1 Å². The van der Waals surface area contributed by atoms with Crippen molar-refractivity contribution in [2.24, 2.45) is 0 Å². The molecule has 3 aliphatic rings. The summed E-state index contributed by atoms with van der Waals surface area (Å²) in [6.07, 6.45) is 4.52. The van der Waals surface area contributed by atoms with Crippen LogP contribution in [0.4, 0.5) is 0 Å². The number of carbonyl (C=O) groups is 1. The molecule has 0 aromatic rings. The van der Waals surface area contributed by atoms with Crippen LogP contribution >= 0.6 is 0 Å². The van der Waals surface area contributed by atoms with Crippen LogP contribution in [0.25, 0.3) is 0 Å². The molecule has 3 rings (SSSR count). The Morgan fingerprint density at radius 3 is 2.89 bits per heavy atom. The minimum atomic E-state index is -0.249. The third kappa shape index (κ3) is 3.27. The van der Waals surface area contributed by atoms with Crippen molar-refractivity contribution < 1.29 is 9.53 Å². The van der Waals surface area contributed by atoms with E-state index in [1.807, 2.05) is 0 Å². The van der Waals surface area contributed by atoms with Crippen molar-refractivity contribution in [2.45, 2.75) is 43.9 Å². The number of morpholine rings is 1. The number of carbonyl (C=O) groups excluding carboxylic acids is 1. The number of hydrogen-bond acceptors (Lipinski definition) is 4. The number of ether oxygens (including phenoxy) is 1. The molecular formula is C14H25N3O2. The van der Waals surface area contributed by atoms with Gasteiger partial charge in [0.05, 0.1) is 6.61 Å². The van der Waals surface area contributed by atoms with Gasteiger partial charge in [0.1, 0.15) is 6.10 Å². The normalized spacial score (nSPS) is 32.5. The monoisotopic (exact) mass is 267 g/mol. The summed E-state index contributed by atoms with van der Waals surface area (Å²) in [5.41, 5.74) is 0. The summed E-state index contributed by atoms with van der Waals surface area (Å²) in [6, 6.07) is 0.969. The van der Waals surface area contributed by atoms with Crippen molar-refractivity contribution in [3.05, 3.63) is 0 Å². The quantitative estimate of drug-likeness (QED) is 0.782. The van der Waals surface area contributed by atoms with Crippen molar-refractivity contribution in [2.75, 3.05) is 39.8 Å². The highest BCUT2D eigenvalue weighted by Gasteiger charge is 2.38. The van der Waals surface area contributed by atoms with Gasteiger partial charge in [0.2, 0.25) is 0 Å². The number of rotatable bonds is 4. The van der Waals surface area contributed by atoms with Crippen molar-refractivity contribution in [3.8, 4) is 0 Å². The van der Waals surface area contributed by atoms with Crippen LogP contribution in [0, 0.1) is 0 Å². The van der Waals surface area contributed by atoms with Crippen molar-refractivity contribution >= 4 is 5.91 Å². The molecule has 2 aliphatic heterocycles. The highest BCUT2D eigenvalue weighted by molar-refractivity contribution is 5.82. The molecule has 2 heterocycles. The van der Waals surface area contributed by atoms with E-state index in [9.17, 15) is 4.79 Å². The second kappa shape index (κ2) is 5.77. The van der Waals surface area contributed by atoms with Gasteiger partial charge in [0.25, 0.3) is 5.91 Å². The molecule has 0 unspecified atom stereocenters. The first-order chi connectivity index (χ1) is 9.24. The van der Waals surface area contributed by atoms with E-state index in [1.165, 1.54) is 25.7 Å². The molecule has 1 amide bonds. The lowest BCUT2D eigenvalue weighted by Crippen LogP contribution is -2.52. The molecule has 1 aliphatic carbocycles. The Bertz CT molecular complexity index is 327. The van der Waals surface area contributed by atoms with Crippen LogP contribution in [0.5, 0.6) is 0 Å². The third-order valence-corrected chi connectivity index (χ3v) is 4.40. The Morgan fingerprint density at radius 2 is 2.26 bits per heavy atom. The Labute approximate surface area is 115 Å². The zero-order valence-corrected chi connectivity index (χ0v) is 11.8. The molecule has 19 heavy (non-hydrogen) atoms. The smallest absolute Gasteiger partial charge is 0.253 e. The maximum absolute atomic E-state index is 12.7. The summed E-state index contributed by atoms with van der Waals surface area (Å²) < 4.78 is 5.68. The van der Waals surface area contributed by atoms with E-state index >= 15 is 0 Å². The first-order valence-electron chi connectivity index (χ1n) is 7.58. The summed E-state index contributed by atoms with van der Waals surface area (Å²) in [6.45, 7) is 4.30. The SMILES string of the molecule is CN1CCO[C@@H](C(=O)N(C[C@H]2CCCN2)C2CC2)C1. The standard InChI is InChI=1S/C14H25N3O2/c1-16-7-8-19-13(10-16)14(18)17(12-4-5-12)9-11-3-2-6-15-11/h11-13,15H,2-10H2,1H3/t11-,13-/m1/s1. The minimum Gasteiger partial charge on any atom is -0.366 e. The Balaban J connectivity index is 1.60. The van der Waals surface area contributed by atoms with Crippen LogP contribution in [0.1, 0.15) is 25.7 Å². The number of nitrogens with one attached hydrogen (secondary N) is 1. The van der Waals surface area contributed by atoms with Gasteiger partial charge < -0.3 is 19.9 Å². The molecule has 2 atom stereocenters. The highest BCUT2D eigenvalue weighted by atomic mass is 16.5. The van der Waals surface area contributed by atoms with E-state index in [2.05, 4.69) is 22.2 Å². The molecule has 3 fully saturated rings. The molecule has 1 saturated carbocycles. The predicted octanol–water partition coefficient (Wildman–Crippen LogP) is 0.0600. The Morgan fingerprint density at radius 1 is 1.42 bits per heavy atom. The van der Waals surface area contributed by atoms with Gasteiger partial charge in [-0.3, -0.25) is 4.79 Å². The van der Waals surface area contributed by atoms with E-state index in [4.69, 9.17) is 4.74 Å². The zero-order valence-electron chi connectivity index (χ0n) is 11.8. The number of nitrogens with zero attached hydrogens (tertiary/aromatic N) is 2. The second-order valence-electron chi connectivity index (χ2n) is 6.14. The molecule has 108 valence electrons. The van der Waals surface area contributed by atoms with E-state index in [1.54, 1.807) is 0 Å². The molecule has 5 heteroatoms. The molecule has 0 spiro atoms. The van der Waals surface area contributed by atoms with Gasteiger partial charge >= 0.3 is 0 Å². The maximum atomic E-state index is 12.7. The van der Waals surface area contributed by atoms with Gasteiger partial charge in [0, 0.05) is 31.7 Å². The maximum Gasteiger partial charge on any atom is 0.253 e. The number of amides is 1. The summed E-state index contributed by atoms with van der Waals surface area (Å²) in [5.74, 6) is 0.211. The van der Waals surface area contributed by atoms with Gasteiger partial charge in [-0.1, -0.05) is 0 Å². The van der Waals surface area contributed by atoms with E-state index in [0.29, 0.717) is 18.7 Å². The molecule has 0 aromatic carbocycles. The minimum absolute atomic E-state index is 0.211. The van der Waals surface area contributed by atoms with E-state index < -0.39 is 0 Å². The van der Waals surface area contributed by atoms with Crippen molar-refractivity contribution in [1.29, 1.82) is 0 Å². The number of likely N-dealkylation sites (N-methyl/N-ethyl adjacent to an activating group) is 1. The molecular weight excluding hydrogens is 242 g/mol. The third-order valence-electron chi connectivity index (χ3n) is 4.40. The number of hydrogen-bond donors (Lipinski definition) is 1. The topological polar surface area (TPSA) is 44.8 Å². The Hall–Kier alpha value is -0.650. The molecule has 2 saturated heterocycles. The lowest BCUT2D eigenvalue weighted by Gasteiger charge is -2.34. The summed E-state index contributed by atoms with van der Waals surface area (Å²) in [5, 5.41) is 3.49. The summed E-state index contributed by atoms with van der Waals surface area (Å²) in [7, 11) is 2.06. The van der Waals surface area contributed by atoms with Crippen LogP contribution in [-0.4, -0.2) is 73.7 Å². The van der Waals surface area contributed by atoms with Crippen LogP contribution < -0.4 is 5.32 Å². The molecule has 5 nitrogen and oxygen atoms in total. The van der Waals surface area contributed by atoms with Crippen molar-refractivity contribution in [3.63, 3.8) is 0 Å². The fourth-order valence-electron chi connectivity index (χ4n) is 3.07. The lowest BCUT2D eigenvalue weighted by molar-refractivity contribution is -0.149. The van der Waals surface area contributed by atoms with Crippen LogP contribution in [0.3, 0.4) is 0 Å². The van der Waals surface area contributed by atoms with Gasteiger partial charge in [-0.2, -0.15) is 0 Å². The molecule has 0 bridgehead atoms. The first kappa shape index (κ1) is 13.3. The lowest BCUT2D eigenvalue weighted by atomic mass is 10.2. The van der Waals surface area contributed by atoms with E-state index in [0.717, 1.165) is 26.2 Å². The van der Waals surface area contributed by atoms with Crippen LogP contribution in [0.2, 0.25) is 0 Å². The van der Waals surface area contributed by atoms with Crippen LogP contribution in [0.15, 0.2) is 0 Å². The average Bonchev–Trinajstić information content (AvgIpc) is 3.12. The van der Waals surface area contributed by atoms with E-state index in [-0.39, 0.29) is 12.0 Å². The van der Waals surface area contributed by atoms with Gasteiger partial charge in [-0.15, -0.1) is 0 Å². The zero-order chi connectivity index (χ0) is 13.2. The molecule has 0 aromatic heterocycles. The average molecular weight is 267 g/mol. The van der Waals surface area contributed by atoms with Gasteiger partial charge in [-0.05, 0) is 39.3 Å². The fourth-order valence-corrected chi connectivity index (χ4v) is 3.07. The Kier molecular flexibility index (Phi) is 4.05. The largest absolute Gasteiger partial charge is 0.366 e. The van der Waals surface area contributed by atoms with Gasteiger partial charge in [-0.25, -0.2) is 0 Å².